The topological polar surface area (TPSA) is 15.7 Å². The SMILES string of the molecule is CCCc1ccc(OC)c(CCCN2CCN(C)CC2)c1. The van der Waals surface area contributed by atoms with Crippen LogP contribution in [0.5, 0.6) is 5.75 Å². The molecule has 1 fully saturated rings. The quantitative estimate of drug-likeness (QED) is 0.768. The lowest BCUT2D eigenvalue weighted by atomic mass is 10.0. The van der Waals surface area contributed by atoms with Crippen molar-refractivity contribution in [1.29, 1.82) is 0 Å². The number of hydrogen-bond acceptors (Lipinski definition) is 3. The second-order valence-electron chi connectivity index (χ2n) is 6.14. The second-order valence-corrected chi connectivity index (χ2v) is 6.14. The summed E-state index contributed by atoms with van der Waals surface area (Å²) in [6.45, 7) is 8.27. The highest BCUT2D eigenvalue weighted by atomic mass is 16.5. The highest BCUT2D eigenvalue weighted by Gasteiger charge is 2.13. The van der Waals surface area contributed by atoms with E-state index < -0.39 is 0 Å². The van der Waals surface area contributed by atoms with Gasteiger partial charge in [0.05, 0.1) is 7.11 Å². The van der Waals surface area contributed by atoms with E-state index in [4.69, 9.17) is 4.74 Å². The molecule has 0 aromatic heterocycles. The molecule has 0 unspecified atom stereocenters. The van der Waals surface area contributed by atoms with Crippen molar-refractivity contribution in [2.75, 3.05) is 46.9 Å². The van der Waals surface area contributed by atoms with Gasteiger partial charge in [-0.15, -0.1) is 0 Å². The number of nitrogens with zero attached hydrogens (tertiary/aromatic N) is 2. The molecular formula is C18H30N2O. The van der Waals surface area contributed by atoms with E-state index in [0.29, 0.717) is 0 Å². The Labute approximate surface area is 129 Å². The molecule has 0 bridgehead atoms. The van der Waals surface area contributed by atoms with Gasteiger partial charge in [-0.2, -0.15) is 0 Å². The number of likely N-dealkylation sites (N-methyl/N-ethyl adjacent to an activating group) is 1. The molecule has 3 nitrogen and oxygen atoms in total. The van der Waals surface area contributed by atoms with Gasteiger partial charge in [-0.1, -0.05) is 25.5 Å². The van der Waals surface area contributed by atoms with Crippen molar-refractivity contribution in [3.8, 4) is 5.75 Å². The molecule has 1 heterocycles. The summed E-state index contributed by atoms with van der Waals surface area (Å²) in [4.78, 5) is 5.00. The van der Waals surface area contributed by atoms with Crippen molar-refractivity contribution in [3.63, 3.8) is 0 Å². The van der Waals surface area contributed by atoms with Gasteiger partial charge in [-0.3, -0.25) is 0 Å². The lowest BCUT2D eigenvalue weighted by Crippen LogP contribution is -2.44. The summed E-state index contributed by atoms with van der Waals surface area (Å²) in [7, 11) is 3.99. The van der Waals surface area contributed by atoms with Gasteiger partial charge >= 0.3 is 0 Å². The van der Waals surface area contributed by atoms with Gasteiger partial charge in [0.15, 0.2) is 0 Å². The molecule has 3 heteroatoms. The first-order valence-corrected chi connectivity index (χ1v) is 8.29. The molecule has 1 aliphatic heterocycles. The third kappa shape index (κ3) is 5.01. The Morgan fingerprint density at radius 1 is 1.10 bits per heavy atom. The minimum Gasteiger partial charge on any atom is -0.496 e. The predicted molar refractivity (Wildman–Crippen MR) is 89.2 cm³/mol. The highest BCUT2D eigenvalue weighted by molar-refractivity contribution is 5.37. The van der Waals surface area contributed by atoms with E-state index in [1.165, 1.54) is 56.7 Å². The largest absolute Gasteiger partial charge is 0.496 e. The summed E-state index contributed by atoms with van der Waals surface area (Å²) in [6, 6.07) is 6.68. The van der Waals surface area contributed by atoms with Crippen LogP contribution in [0.2, 0.25) is 0 Å². The van der Waals surface area contributed by atoms with Gasteiger partial charge in [0, 0.05) is 26.2 Å². The first-order valence-electron chi connectivity index (χ1n) is 8.29. The Balaban J connectivity index is 1.85. The Bertz CT molecular complexity index is 425. The molecule has 0 radical (unpaired) electrons. The van der Waals surface area contributed by atoms with Crippen LogP contribution in [-0.4, -0.2) is 56.7 Å². The Hall–Kier alpha value is -1.06. The summed E-state index contributed by atoms with van der Waals surface area (Å²) in [5.41, 5.74) is 2.81. The Morgan fingerprint density at radius 3 is 2.52 bits per heavy atom. The zero-order chi connectivity index (χ0) is 15.1. The molecule has 1 aromatic rings. The normalized spacial score (nSPS) is 17.1. The fraction of sp³-hybridized carbons (Fsp3) is 0.667. The minimum atomic E-state index is 1.05. The maximum atomic E-state index is 5.51. The van der Waals surface area contributed by atoms with Gasteiger partial charge < -0.3 is 14.5 Å². The number of aryl methyl sites for hydroxylation is 2. The molecule has 0 N–H and O–H groups in total. The van der Waals surface area contributed by atoms with E-state index in [1.54, 1.807) is 7.11 Å². The smallest absolute Gasteiger partial charge is 0.122 e. The fourth-order valence-electron chi connectivity index (χ4n) is 3.04. The average molecular weight is 290 g/mol. The van der Waals surface area contributed by atoms with Crippen molar-refractivity contribution in [2.45, 2.75) is 32.6 Å². The maximum Gasteiger partial charge on any atom is 0.122 e. The molecule has 1 aliphatic rings. The summed E-state index contributed by atoms with van der Waals surface area (Å²) in [5.74, 6) is 1.05. The molecular weight excluding hydrogens is 260 g/mol. The molecule has 0 atom stereocenters. The monoisotopic (exact) mass is 290 g/mol. The van der Waals surface area contributed by atoms with Gasteiger partial charge in [-0.05, 0) is 50.0 Å². The van der Waals surface area contributed by atoms with Gasteiger partial charge in [-0.25, -0.2) is 0 Å². The molecule has 0 spiro atoms. The summed E-state index contributed by atoms with van der Waals surface area (Å²) in [6.07, 6.45) is 4.70. The summed E-state index contributed by atoms with van der Waals surface area (Å²) in [5, 5.41) is 0. The summed E-state index contributed by atoms with van der Waals surface area (Å²) >= 11 is 0. The second kappa shape index (κ2) is 8.40. The lowest BCUT2D eigenvalue weighted by Gasteiger charge is -2.32. The maximum absolute atomic E-state index is 5.51. The highest BCUT2D eigenvalue weighted by Crippen LogP contribution is 2.22. The molecule has 0 aliphatic carbocycles. The van der Waals surface area contributed by atoms with E-state index in [-0.39, 0.29) is 0 Å². The van der Waals surface area contributed by atoms with Crippen LogP contribution in [-0.2, 0) is 12.8 Å². The van der Waals surface area contributed by atoms with Crippen LogP contribution in [0, 0.1) is 0 Å². The van der Waals surface area contributed by atoms with E-state index >= 15 is 0 Å². The molecule has 118 valence electrons. The zero-order valence-corrected chi connectivity index (χ0v) is 13.9. The van der Waals surface area contributed by atoms with E-state index in [0.717, 1.165) is 18.6 Å². The summed E-state index contributed by atoms with van der Waals surface area (Å²) < 4.78 is 5.51. The Morgan fingerprint density at radius 2 is 1.86 bits per heavy atom. The van der Waals surface area contributed by atoms with Crippen molar-refractivity contribution in [3.05, 3.63) is 29.3 Å². The molecule has 0 saturated carbocycles. The third-order valence-electron chi connectivity index (χ3n) is 4.40. The van der Waals surface area contributed by atoms with E-state index in [9.17, 15) is 0 Å². The number of methoxy groups -OCH3 is 1. The van der Waals surface area contributed by atoms with Crippen LogP contribution in [0.25, 0.3) is 0 Å². The van der Waals surface area contributed by atoms with Gasteiger partial charge in [0.1, 0.15) is 5.75 Å². The molecule has 0 amide bonds. The van der Waals surface area contributed by atoms with Crippen LogP contribution in [0.3, 0.4) is 0 Å². The van der Waals surface area contributed by atoms with E-state index in [2.05, 4.69) is 42.0 Å². The van der Waals surface area contributed by atoms with Crippen LogP contribution in [0.4, 0.5) is 0 Å². The average Bonchev–Trinajstić information content (AvgIpc) is 2.50. The number of ether oxygens (including phenoxy) is 1. The predicted octanol–water partition coefficient (Wildman–Crippen LogP) is 2.83. The van der Waals surface area contributed by atoms with Gasteiger partial charge in [0.2, 0.25) is 0 Å². The molecule has 1 aromatic carbocycles. The zero-order valence-electron chi connectivity index (χ0n) is 13.9. The molecule has 21 heavy (non-hydrogen) atoms. The number of rotatable bonds is 7. The standard InChI is InChI=1S/C18H30N2O/c1-4-6-16-8-9-18(21-3)17(15-16)7-5-10-20-13-11-19(2)12-14-20/h8-9,15H,4-7,10-14H2,1-3H3. The number of benzene rings is 1. The van der Waals surface area contributed by atoms with Crippen LogP contribution in [0.1, 0.15) is 30.9 Å². The minimum absolute atomic E-state index is 1.05. The van der Waals surface area contributed by atoms with Crippen molar-refractivity contribution < 1.29 is 4.74 Å². The van der Waals surface area contributed by atoms with Crippen molar-refractivity contribution >= 4 is 0 Å². The van der Waals surface area contributed by atoms with Crippen LogP contribution >= 0.6 is 0 Å². The Kier molecular flexibility index (Phi) is 6.52. The van der Waals surface area contributed by atoms with Crippen molar-refractivity contribution in [2.24, 2.45) is 0 Å². The lowest BCUT2D eigenvalue weighted by molar-refractivity contribution is 0.153. The third-order valence-corrected chi connectivity index (χ3v) is 4.40. The fourth-order valence-corrected chi connectivity index (χ4v) is 3.04. The first-order chi connectivity index (χ1) is 10.2. The number of piperazine rings is 1. The molecule has 1 saturated heterocycles. The van der Waals surface area contributed by atoms with Crippen LogP contribution in [0.15, 0.2) is 18.2 Å². The van der Waals surface area contributed by atoms with Crippen molar-refractivity contribution in [1.82, 2.24) is 9.80 Å². The molecule has 2 rings (SSSR count). The van der Waals surface area contributed by atoms with Gasteiger partial charge in [0.25, 0.3) is 0 Å². The van der Waals surface area contributed by atoms with E-state index in [1.807, 2.05) is 0 Å². The first kappa shape index (κ1) is 16.3. The number of hydrogen-bond donors (Lipinski definition) is 0. The van der Waals surface area contributed by atoms with Crippen LogP contribution < -0.4 is 4.74 Å².